The highest BCUT2D eigenvalue weighted by Crippen LogP contribution is 2.42. The molecule has 0 bridgehead atoms. The molecule has 0 saturated carbocycles. The van der Waals surface area contributed by atoms with Crippen LogP contribution in [0, 0.1) is 11.8 Å². The summed E-state index contributed by atoms with van der Waals surface area (Å²) in [5.41, 5.74) is 6.28. The van der Waals surface area contributed by atoms with Crippen LogP contribution in [0.25, 0.3) is 65.4 Å². The van der Waals surface area contributed by atoms with Gasteiger partial charge in [0.25, 0.3) is 0 Å². The summed E-state index contributed by atoms with van der Waals surface area (Å²) in [6.45, 7) is 9.28. The number of anilines is 2. The Balaban J connectivity index is 1.16. The van der Waals surface area contributed by atoms with Crippen LogP contribution in [0.2, 0.25) is 0 Å². The Kier molecular flexibility index (Phi) is 5.33. The van der Waals surface area contributed by atoms with E-state index in [1.54, 1.807) is 0 Å². The van der Waals surface area contributed by atoms with Crippen LogP contribution in [0.5, 0.6) is 0 Å². The first-order valence-corrected chi connectivity index (χ1v) is 15.8. The number of nitrogens with zero attached hydrogens (tertiary/aromatic N) is 2. The van der Waals surface area contributed by atoms with Gasteiger partial charge in [0.1, 0.15) is 22.3 Å². The molecule has 5 aromatic carbocycles. The topological polar surface area (TPSA) is 32.8 Å². The van der Waals surface area contributed by atoms with Crippen LogP contribution < -0.4 is 9.80 Å². The average Bonchev–Trinajstić information content (AvgIpc) is 3.56. The van der Waals surface area contributed by atoms with E-state index in [1.165, 1.54) is 58.6 Å². The lowest BCUT2D eigenvalue weighted by atomic mass is 9.98. The standard InChI is InChI=1S/C38H36N2O2/c1-23-9-13-39(14-10-23)29-5-3-25-19-32-31-7-8-34-37(38(31)42-35(32)21-27(25)17-29)33-20-26-4-6-30(18-28(26)22-36(33)41-34)40-15-11-24(2)12-16-40/h3-8,17-24H,9-16H2,1-2H3. The number of hydrogen-bond donors (Lipinski definition) is 0. The fourth-order valence-corrected chi connectivity index (χ4v) is 7.48. The van der Waals surface area contributed by atoms with E-state index in [0.29, 0.717) is 0 Å². The van der Waals surface area contributed by atoms with Gasteiger partial charge in [-0.1, -0.05) is 26.0 Å². The fourth-order valence-electron chi connectivity index (χ4n) is 7.48. The molecule has 0 spiro atoms. The fraction of sp³-hybridized carbons (Fsp3) is 0.316. The summed E-state index contributed by atoms with van der Waals surface area (Å²) in [4.78, 5) is 5.06. The number of hydrogen-bond acceptors (Lipinski definition) is 4. The van der Waals surface area contributed by atoms with Gasteiger partial charge in [0.15, 0.2) is 0 Å². The molecule has 0 atom stereocenters. The minimum absolute atomic E-state index is 0.825. The minimum Gasteiger partial charge on any atom is -0.456 e. The van der Waals surface area contributed by atoms with E-state index in [4.69, 9.17) is 8.83 Å². The summed E-state index contributed by atoms with van der Waals surface area (Å²) in [6, 6.07) is 27.1. The molecule has 210 valence electrons. The summed E-state index contributed by atoms with van der Waals surface area (Å²) in [6.07, 6.45) is 5.07. The van der Waals surface area contributed by atoms with Gasteiger partial charge in [-0.25, -0.2) is 0 Å². The molecule has 2 aliphatic rings. The molecule has 0 aliphatic carbocycles. The number of furan rings is 2. The molecular formula is C38H36N2O2. The Hall–Kier alpha value is -4.18. The molecule has 2 fully saturated rings. The minimum atomic E-state index is 0.825. The maximum atomic E-state index is 6.68. The van der Waals surface area contributed by atoms with Crippen molar-refractivity contribution in [3.63, 3.8) is 0 Å². The van der Waals surface area contributed by atoms with E-state index in [-0.39, 0.29) is 0 Å². The first-order chi connectivity index (χ1) is 20.6. The Bertz CT molecular complexity index is 2150. The van der Waals surface area contributed by atoms with E-state index < -0.39 is 0 Å². The molecule has 4 heteroatoms. The van der Waals surface area contributed by atoms with Gasteiger partial charge in [0, 0.05) is 53.7 Å². The normalized spacial score (nSPS) is 17.7. The van der Waals surface area contributed by atoms with Gasteiger partial charge in [0.2, 0.25) is 0 Å². The van der Waals surface area contributed by atoms with Crippen LogP contribution in [0.15, 0.2) is 81.6 Å². The smallest absolute Gasteiger partial charge is 0.147 e. The quantitative estimate of drug-likeness (QED) is 0.214. The number of fused-ring (bicyclic) bond motifs is 9. The number of piperidine rings is 2. The lowest BCUT2D eigenvalue weighted by Gasteiger charge is -2.32. The highest BCUT2D eigenvalue weighted by molar-refractivity contribution is 6.24. The van der Waals surface area contributed by atoms with Crippen molar-refractivity contribution in [3.05, 3.63) is 72.8 Å². The van der Waals surface area contributed by atoms with Gasteiger partial charge in [-0.05, 0) is 120 Å². The second-order valence-electron chi connectivity index (χ2n) is 13.1. The molecule has 2 saturated heterocycles. The maximum Gasteiger partial charge on any atom is 0.147 e. The molecule has 4 nitrogen and oxygen atoms in total. The predicted octanol–water partition coefficient (Wildman–Crippen LogP) is 10.3. The molecule has 0 amide bonds. The van der Waals surface area contributed by atoms with Crippen molar-refractivity contribution in [1.82, 2.24) is 0 Å². The highest BCUT2D eigenvalue weighted by Gasteiger charge is 2.20. The zero-order chi connectivity index (χ0) is 27.9. The third kappa shape index (κ3) is 3.81. The molecule has 9 rings (SSSR count). The van der Waals surface area contributed by atoms with Crippen LogP contribution in [0.1, 0.15) is 39.5 Å². The van der Waals surface area contributed by atoms with Gasteiger partial charge in [0.05, 0.1) is 5.39 Å². The molecule has 0 N–H and O–H groups in total. The van der Waals surface area contributed by atoms with Gasteiger partial charge in [-0.3, -0.25) is 0 Å². The Morgan fingerprint density at radius 1 is 0.500 bits per heavy atom. The van der Waals surface area contributed by atoms with Crippen molar-refractivity contribution in [2.75, 3.05) is 36.0 Å². The Labute approximate surface area is 245 Å². The molecule has 0 radical (unpaired) electrons. The van der Waals surface area contributed by atoms with Crippen molar-refractivity contribution in [3.8, 4) is 0 Å². The molecule has 2 aromatic heterocycles. The summed E-state index contributed by atoms with van der Waals surface area (Å²) in [5, 5.41) is 9.44. The van der Waals surface area contributed by atoms with Crippen molar-refractivity contribution in [2.24, 2.45) is 11.8 Å². The van der Waals surface area contributed by atoms with E-state index in [0.717, 1.165) is 81.9 Å². The first kappa shape index (κ1) is 24.4. The molecular weight excluding hydrogens is 516 g/mol. The lowest BCUT2D eigenvalue weighted by Crippen LogP contribution is -2.32. The van der Waals surface area contributed by atoms with Crippen LogP contribution in [0.3, 0.4) is 0 Å². The summed E-state index contributed by atoms with van der Waals surface area (Å²) >= 11 is 0. The molecule has 7 aromatic rings. The average molecular weight is 553 g/mol. The monoisotopic (exact) mass is 552 g/mol. The van der Waals surface area contributed by atoms with E-state index in [2.05, 4.69) is 96.4 Å². The maximum absolute atomic E-state index is 6.68. The second kappa shape index (κ2) is 9.16. The molecule has 2 aliphatic heterocycles. The first-order valence-electron chi connectivity index (χ1n) is 15.8. The van der Waals surface area contributed by atoms with Crippen LogP contribution >= 0.6 is 0 Å². The largest absolute Gasteiger partial charge is 0.456 e. The Morgan fingerprint density at radius 2 is 1.05 bits per heavy atom. The highest BCUT2D eigenvalue weighted by atomic mass is 16.3. The van der Waals surface area contributed by atoms with E-state index in [9.17, 15) is 0 Å². The van der Waals surface area contributed by atoms with E-state index in [1.807, 2.05) is 0 Å². The molecule has 42 heavy (non-hydrogen) atoms. The number of benzene rings is 5. The van der Waals surface area contributed by atoms with Crippen molar-refractivity contribution in [1.29, 1.82) is 0 Å². The zero-order valence-corrected chi connectivity index (χ0v) is 24.5. The van der Waals surface area contributed by atoms with Gasteiger partial charge in [-0.15, -0.1) is 0 Å². The summed E-state index contributed by atoms with van der Waals surface area (Å²) < 4.78 is 13.1. The van der Waals surface area contributed by atoms with Crippen molar-refractivity contribution in [2.45, 2.75) is 39.5 Å². The summed E-state index contributed by atoms with van der Waals surface area (Å²) in [5.74, 6) is 1.65. The molecule has 4 heterocycles. The Morgan fingerprint density at radius 3 is 1.64 bits per heavy atom. The lowest BCUT2D eigenvalue weighted by molar-refractivity contribution is 0.438. The van der Waals surface area contributed by atoms with E-state index >= 15 is 0 Å². The SMILES string of the molecule is CC1CCN(c2ccc3cc4c(cc3c2)oc2c4ccc3oc4cc5cc(N6CCC(C)CC6)ccc5cc4c32)CC1. The van der Waals surface area contributed by atoms with Crippen LogP contribution in [-0.2, 0) is 0 Å². The summed E-state index contributed by atoms with van der Waals surface area (Å²) in [7, 11) is 0. The zero-order valence-electron chi connectivity index (χ0n) is 24.5. The second-order valence-corrected chi connectivity index (χ2v) is 13.1. The van der Waals surface area contributed by atoms with Gasteiger partial charge in [-0.2, -0.15) is 0 Å². The third-order valence-corrected chi connectivity index (χ3v) is 10.3. The third-order valence-electron chi connectivity index (χ3n) is 10.3. The predicted molar refractivity (Wildman–Crippen MR) is 177 cm³/mol. The van der Waals surface area contributed by atoms with Crippen LogP contribution in [0.4, 0.5) is 11.4 Å². The van der Waals surface area contributed by atoms with Crippen molar-refractivity contribution < 1.29 is 8.83 Å². The van der Waals surface area contributed by atoms with Gasteiger partial charge >= 0.3 is 0 Å². The van der Waals surface area contributed by atoms with Crippen molar-refractivity contribution >= 4 is 76.8 Å². The molecule has 0 unspecified atom stereocenters. The van der Waals surface area contributed by atoms with Gasteiger partial charge < -0.3 is 18.6 Å². The van der Waals surface area contributed by atoms with Crippen LogP contribution in [-0.4, -0.2) is 26.2 Å². The number of rotatable bonds is 2.